The molecular formula is C12H13NO3. The van der Waals surface area contributed by atoms with Crippen LogP contribution in [0.1, 0.15) is 29.3 Å². The van der Waals surface area contributed by atoms with Crippen molar-refractivity contribution >= 4 is 17.8 Å². The molecule has 0 bridgehead atoms. The number of nitrogens with one attached hydrogen (secondary N) is 1. The molecule has 0 saturated carbocycles. The van der Waals surface area contributed by atoms with Crippen LogP contribution in [0.5, 0.6) is 0 Å². The molecule has 0 heterocycles. The maximum atomic E-state index is 11.3. The molecule has 1 rings (SSSR count). The lowest BCUT2D eigenvalue weighted by atomic mass is 10.1. The summed E-state index contributed by atoms with van der Waals surface area (Å²) in [4.78, 5) is 22.0. The highest BCUT2D eigenvalue weighted by Crippen LogP contribution is 2.08. The second-order valence-corrected chi connectivity index (χ2v) is 3.21. The Kier molecular flexibility index (Phi) is 4.42. The topological polar surface area (TPSA) is 66.4 Å². The first-order chi connectivity index (χ1) is 7.67. The van der Waals surface area contributed by atoms with Crippen LogP contribution < -0.4 is 5.48 Å². The van der Waals surface area contributed by atoms with Gasteiger partial charge in [0.2, 0.25) is 0 Å². The van der Waals surface area contributed by atoms with Gasteiger partial charge in [-0.05, 0) is 11.6 Å². The number of hydrogen-bond donors (Lipinski definition) is 2. The molecule has 0 atom stereocenters. The molecule has 4 nitrogen and oxygen atoms in total. The summed E-state index contributed by atoms with van der Waals surface area (Å²) in [5, 5.41) is 8.27. The molecule has 1 aromatic rings. The number of Topliss-reactive ketones (excluding diaryl/α,β-unsaturated/α-hetero) is 1. The van der Waals surface area contributed by atoms with Crippen LogP contribution in [-0.2, 0) is 4.79 Å². The van der Waals surface area contributed by atoms with Crippen LogP contribution in [0.15, 0.2) is 30.3 Å². The van der Waals surface area contributed by atoms with Crippen molar-refractivity contribution in [2.24, 2.45) is 0 Å². The molecular weight excluding hydrogens is 206 g/mol. The molecule has 4 heteroatoms. The Labute approximate surface area is 93.6 Å². The predicted molar refractivity (Wildman–Crippen MR) is 60.0 cm³/mol. The summed E-state index contributed by atoms with van der Waals surface area (Å²) in [6, 6.07) is 6.90. The highest BCUT2D eigenvalue weighted by Gasteiger charge is 2.01. The zero-order chi connectivity index (χ0) is 12.0. The average Bonchev–Trinajstić information content (AvgIpc) is 2.35. The van der Waals surface area contributed by atoms with Crippen molar-refractivity contribution in [2.75, 3.05) is 0 Å². The van der Waals surface area contributed by atoms with Gasteiger partial charge in [-0.1, -0.05) is 31.2 Å². The molecule has 0 aliphatic heterocycles. The van der Waals surface area contributed by atoms with Crippen LogP contribution in [0, 0.1) is 0 Å². The quantitative estimate of drug-likeness (QED) is 0.351. The molecule has 0 fully saturated rings. The smallest absolute Gasteiger partial charge is 0.267 e. The van der Waals surface area contributed by atoms with Gasteiger partial charge in [0.15, 0.2) is 5.78 Å². The molecule has 1 amide bonds. The van der Waals surface area contributed by atoms with Crippen LogP contribution >= 0.6 is 0 Å². The summed E-state index contributed by atoms with van der Waals surface area (Å²) in [6.07, 6.45) is 3.23. The number of rotatable bonds is 4. The van der Waals surface area contributed by atoms with E-state index in [1.54, 1.807) is 30.3 Å². The zero-order valence-corrected chi connectivity index (χ0v) is 8.93. The zero-order valence-electron chi connectivity index (χ0n) is 8.93. The number of carbonyl (C=O) groups excluding carboxylic acids is 2. The number of hydroxylamine groups is 1. The van der Waals surface area contributed by atoms with Crippen LogP contribution in [0.25, 0.3) is 6.08 Å². The van der Waals surface area contributed by atoms with Gasteiger partial charge in [-0.2, -0.15) is 0 Å². The van der Waals surface area contributed by atoms with E-state index >= 15 is 0 Å². The second kappa shape index (κ2) is 5.82. The SMILES string of the molecule is CCC(=O)c1ccc(C=CC(=O)NO)cc1. The van der Waals surface area contributed by atoms with E-state index in [0.717, 1.165) is 5.56 Å². The largest absolute Gasteiger partial charge is 0.294 e. The van der Waals surface area contributed by atoms with Crippen molar-refractivity contribution in [1.29, 1.82) is 0 Å². The maximum Gasteiger partial charge on any atom is 0.267 e. The van der Waals surface area contributed by atoms with Crippen LogP contribution in [0.4, 0.5) is 0 Å². The monoisotopic (exact) mass is 219 g/mol. The Morgan fingerprint density at radius 1 is 1.31 bits per heavy atom. The maximum absolute atomic E-state index is 11.3. The standard InChI is InChI=1S/C12H13NO3/c1-2-11(14)10-6-3-9(4-7-10)5-8-12(15)13-16/h3-8,16H,2H2,1H3,(H,13,15). The van der Waals surface area contributed by atoms with Crippen LogP contribution in [0.3, 0.4) is 0 Å². The Hall–Kier alpha value is -1.94. The highest BCUT2D eigenvalue weighted by molar-refractivity contribution is 5.96. The minimum atomic E-state index is -0.589. The van der Waals surface area contributed by atoms with E-state index in [4.69, 9.17) is 5.21 Å². The first kappa shape index (κ1) is 12.1. The van der Waals surface area contributed by atoms with Crippen molar-refractivity contribution in [1.82, 2.24) is 5.48 Å². The second-order valence-electron chi connectivity index (χ2n) is 3.21. The summed E-state index contributed by atoms with van der Waals surface area (Å²) >= 11 is 0. The first-order valence-corrected chi connectivity index (χ1v) is 4.92. The predicted octanol–water partition coefficient (Wildman–Crippen LogP) is 1.80. The normalized spacial score (nSPS) is 10.4. The fourth-order valence-electron chi connectivity index (χ4n) is 1.19. The van der Waals surface area contributed by atoms with Gasteiger partial charge >= 0.3 is 0 Å². The molecule has 2 N–H and O–H groups in total. The molecule has 0 unspecified atom stereocenters. The lowest BCUT2D eigenvalue weighted by Crippen LogP contribution is -2.14. The lowest BCUT2D eigenvalue weighted by Gasteiger charge is -1.98. The van der Waals surface area contributed by atoms with Crippen LogP contribution in [-0.4, -0.2) is 16.9 Å². The lowest BCUT2D eigenvalue weighted by molar-refractivity contribution is -0.124. The third-order valence-electron chi connectivity index (χ3n) is 2.09. The Morgan fingerprint density at radius 3 is 2.44 bits per heavy atom. The molecule has 0 aromatic heterocycles. The molecule has 0 radical (unpaired) electrons. The molecule has 0 spiro atoms. The van der Waals surface area contributed by atoms with Crippen molar-refractivity contribution in [3.8, 4) is 0 Å². The van der Waals surface area contributed by atoms with Crippen LogP contribution in [0.2, 0.25) is 0 Å². The van der Waals surface area contributed by atoms with Gasteiger partial charge in [0.1, 0.15) is 0 Å². The van der Waals surface area contributed by atoms with E-state index in [2.05, 4.69) is 0 Å². The number of benzene rings is 1. The molecule has 0 aliphatic carbocycles. The summed E-state index contributed by atoms with van der Waals surface area (Å²) in [5.41, 5.74) is 2.94. The summed E-state index contributed by atoms with van der Waals surface area (Å²) in [6.45, 7) is 1.81. The van der Waals surface area contributed by atoms with E-state index in [-0.39, 0.29) is 5.78 Å². The molecule has 0 saturated heterocycles. The molecule has 0 aliphatic rings. The van der Waals surface area contributed by atoms with Gasteiger partial charge in [0.05, 0.1) is 0 Å². The number of carbonyl (C=O) groups is 2. The molecule has 16 heavy (non-hydrogen) atoms. The van der Waals surface area contributed by atoms with Gasteiger partial charge in [-0.25, -0.2) is 5.48 Å². The van der Waals surface area contributed by atoms with E-state index in [9.17, 15) is 9.59 Å². The van der Waals surface area contributed by atoms with E-state index in [1.165, 1.54) is 11.6 Å². The van der Waals surface area contributed by atoms with Crippen molar-refractivity contribution in [3.63, 3.8) is 0 Å². The molecule has 1 aromatic carbocycles. The van der Waals surface area contributed by atoms with Crippen molar-refractivity contribution in [3.05, 3.63) is 41.5 Å². The Balaban J connectivity index is 2.75. The number of ketones is 1. The van der Waals surface area contributed by atoms with E-state index in [1.807, 2.05) is 6.92 Å². The van der Waals surface area contributed by atoms with E-state index < -0.39 is 5.91 Å². The van der Waals surface area contributed by atoms with Gasteiger partial charge in [-0.3, -0.25) is 14.8 Å². The summed E-state index contributed by atoms with van der Waals surface area (Å²) < 4.78 is 0. The summed E-state index contributed by atoms with van der Waals surface area (Å²) in [5.74, 6) is -0.502. The summed E-state index contributed by atoms with van der Waals surface area (Å²) in [7, 11) is 0. The number of hydrogen-bond acceptors (Lipinski definition) is 3. The minimum absolute atomic E-state index is 0.0867. The number of amides is 1. The third-order valence-corrected chi connectivity index (χ3v) is 2.09. The fraction of sp³-hybridized carbons (Fsp3) is 0.167. The van der Waals surface area contributed by atoms with Gasteiger partial charge in [0, 0.05) is 18.1 Å². The minimum Gasteiger partial charge on any atom is -0.294 e. The average molecular weight is 219 g/mol. The van der Waals surface area contributed by atoms with E-state index in [0.29, 0.717) is 12.0 Å². The third kappa shape index (κ3) is 3.33. The van der Waals surface area contributed by atoms with Gasteiger partial charge in [0.25, 0.3) is 5.91 Å². The highest BCUT2D eigenvalue weighted by atomic mass is 16.5. The Morgan fingerprint density at radius 2 is 1.94 bits per heavy atom. The van der Waals surface area contributed by atoms with Gasteiger partial charge in [-0.15, -0.1) is 0 Å². The van der Waals surface area contributed by atoms with Gasteiger partial charge < -0.3 is 0 Å². The molecule has 84 valence electrons. The first-order valence-electron chi connectivity index (χ1n) is 4.92. The fourth-order valence-corrected chi connectivity index (χ4v) is 1.19. The Bertz CT molecular complexity index is 407. The van der Waals surface area contributed by atoms with Crippen molar-refractivity contribution < 1.29 is 14.8 Å². The van der Waals surface area contributed by atoms with Crippen molar-refractivity contribution in [2.45, 2.75) is 13.3 Å².